The maximum Gasteiger partial charge on any atom is 0.220 e. The van der Waals surface area contributed by atoms with Crippen LogP contribution in [0.15, 0.2) is 48.6 Å². The van der Waals surface area contributed by atoms with Gasteiger partial charge in [0.1, 0.15) is 73.2 Å². The average molecular weight is 1030 g/mol. The van der Waals surface area contributed by atoms with Gasteiger partial charge in [-0.05, 0) is 57.8 Å². The molecule has 17 atom stereocenters. The van der Waals surface area contributed by atoms with E-state index in [0.29, 0.717) is 6.42 Å². The molecule has 3 aliphatic heterocycles. The third kappa shape index (κ3) is 22.5. The molecule has 3 fully saturated rings. The lowest BCUT2D eigenvalue weighted by atomic mass is 9.96. The Bertz CT molecular complexity index is 1520. The van der Waals surface area contributed by atoms with Crippen LogP contribution in [0.3, 0.4) is 0 Å². The van der Waals surface area contributed by atoms with Crippen LogP contribution in [0, 0.1) is 0 Å². The molecule has 0 spiro atoms. The molecule has 19 heteroatoms. The van der Waals surface area contributed by atoms with E-state index in [-0.39, 0.29) is 18.9 Å². The van der Waals surface area contributed by atoms with Gasteiger partial charge in [-0.25, -0.2) is 0 Å². The molecule has 1 amide bonds. The first-order valence-corrected chi connectivity index (χ1v) is 26.9. The first-order chi connectivity index (χ1) is 34.8. The molecular formula is C53H93NO18. The van der Waals surface area contributed by atoms with E-state index in [1.165, 1.54) is 32.1 Å². The van der Waals surface area contributed by atoms with E-state index in [4.69, 9.17) is 28.4 Å². The number of amides is 1. The number of unbranched alkanes of at least 4 members (excludes halogenated alkanes) is 15. The highest BCUT2D eigenvalue weighted by Crippen LogP contribution is 2.33. The summed E-state index contributed by atoms with van der Waals surface area (Å²) in [6.45, 7) is 1.59. The Labute approximate surface area is 427 Å². The molecule has 17 unspecified atom stereocenters. The van der Waals surface area contributed by atoms with E-state index in [1.54, 1.807) is 6.08 Å². The van der Waals surface area contributed by atoms with Gasteiger partial charge in [0, 0.05) is 6.42 Å². The van der Waals surface area contributed by atoms with E-state index >= 15 is 0 Å². The molecule has 0 aromatic heterocycles. The summed E-state index contributed by atoms with van der Waals surface area (Å²) in [7, 11) is 0. The number of hydrogen-bond donors (Lipinski definition) is 12. The van der Waals surface area contributed by atoms with Crippen LogP contribution in [0.1, 0.15) is 149 Å². The summed E-state index contributed by atoms with van der Waals surface area (Å²) in [6.07, 6.45) is 11.3. The van der Waals surface area contributed by atoms with Gasteiger partial charge < -0.3 is 89.9 Å². The first kappa shape index (κ1) is 64.0. The van der Waals surface area contributed by atoms with Crippen molar-refractivity contribution in [1.82, 2.24) is 5.32 Å². The standard InChI is InChI=1S/C53H93NO18/c1-3-5-7-9-11-13-14-15-16-17-18-19-20-21-22-23-25-27-29-31-41(59)54-36(37(58)30-28-26-24-12-10-8-6-4-2)35-67-51-47(65)44(62)49(39(33-56)69-51)72-53-48(66)45(63)50(40(34-57)70-53)71-52-46(64)43(61)42(60)38(32-55)68-52/h11,13,15-16,18-19,28,30,36-40,42-53,55-58,60-66H,3-10,12,14,17,20-27,29,31-35H2,1-2H3,(H,54,59)/b13-11-,16-15-,19-18-,30-28+. The maximum atomic E-state index is 13.2. The van der Waals surface area contributed by atoms with Crippen molar-refractivity contribution in [3.05, 3.63) is 48.6 Å². The molecule has 0 bridgehead atoms. The lowest BCUT2D eigenvalue weighted by Gasteiger charge is -2.48. The second-order valence-electron chi connectivity index (χ2n) is 19.3. The molecule has 3 rings (SSSR count). The van der Waals surface area contributed by atoms with Gasteiger partial charge in [0.2, 0.25) is 5.91 Å². The summed E-state index contributed by atoms with van der Waals surface area (Å²) in [4.78, 5) is 13.2. The van der Waals surface area contributed by atoms with Crippen molar-refractivity contribution < 1.29 is 89.4 Å². The molecule has 0 aliphatic carbocycles. The van der Waals surface area contributed by atoms with E-state index in [9.17, 15) is 61.0 Å². The molecule has 72 heavy (non-hydrogen) atoms. The highest BCUT2D eigenvalue weighted by molar-refractivity contribution is 5.76. The number of nitrogens with one attached hydrogen (secondary N) is 1. The molecule has 12 N–H and O–H groups in total. The number of ether oxygens (including phenoxy) is 6. The number of allylic oxidation sites excluding steroid dienone is 7. The Hall–Kier alpha value is -2.25. The fourth-order valence-corrected chi connectivity index (χ4v) is 8.84. The van der Waals surface area contributed by atoms with Crippen LogP contribution >= 0.6 is 0 Å². The van der Waals surface area contributed by atoms with Crippen LogP contribution < -0.4 is 5.32 Å². The molecule has 3 heterocycles. The third-order valence-corrected chi connectivity index (χ3v) is 13.4. The van der Waals surface area contributed by atoms with Gasteiger partial charge in [0.05, 0.1) is 38.6 Å². The van der Waals surface area contributed by atoms with Gasteiger partial charge in [-0.15, -0.1) is 0 Å². The van der Waals surface area contributed by atoms with Crippen molar-refractivity contribution >= 4 is 5.91 Å². The smallest absolute Gasteiger partial charge is 0.220 e. The Morgan fingerprint density at radius 3 is 1.46 bits per heavy atom. The second-order valence-corrected chi connectivity index (χ2v) is 19.3. The van der Waals surface area contributed by atoms with Crippen molar-refractivity contribution in [3.63, 3.8) is 0 Å². The molecule has 418 valence electrons. The van der Waals surface area contributed by atoms with Crippen molar-refractivity contribution in [3.8, 4) is 0 Å². The Kier molecular flexibility index (Phi) is 33.3. The lowest BCUT2D eigenvalue weighted by molar-refractivity contribution is -0.379. The molecule has 19 nitrogen and oxygen atoms in total. The van der Waals surface area contributed by atoms with Gasteiger partial charge in [-0.3, -0.25) is 4.79 Å². The summed E-state index contributed by atoms with van der Waals surface area (Å²) in [5.74, 6) is -0.295. The first-order valence-electron chi connectivity index (χ1n) is 26.9. The largest absolute Gasteiger partial charge is 0.394 e. The number of aliphatic hydroxyl groups is 11. The van der Waals surface area contributed by atoms with Crippen LogP contribution in [0.4, 0.5) is 0 Å². The zero-order chi connectivity index (χ0) is 52.7. The fourth-order valence-electron chi connectivity index (χ4n) is 8.84. The molecule has 0 radical (unpaired) electrons. The van der Waals surface area contributed by atoms with Crippen LogP contribution in [0.25, 0.3) is 0 Å². The summed E-state index contributed by atoms with van der Waals surface area (Å²) in [5.41, 5.74) is 0. The van der Waals surface area contributed by atoms with Crippen molar-refractivity contribution in [2.45, 2.75) is 253 Å². The summed E-state index contributed by atoms with van der Waals surface area (Å²) in [5, 5.41) is 119. The lowest BCUT2D eigenvalue weighted by Crippen LogP contribution is -2.66. The molecular weight excluding hydrogens is 939 g/mol. The van der Waals surface area contributed by atoms with Crippen LogP contribution in [-0.4, -0.2) is 193 Å². The summed E-state index contributed by atoms with van der Waals surface area (Å²) < 4.78 is 34.1. The van der Waals surface area contributed by atoms with Gasteiger partial charge >= 0.3 is 0 Å². The number of carbonyl (C=O) groups excluding carboxylic acids is 1. The Morgan fingerprint density at radius 1 is 0.500 bits per heavy atom. The van der Waals surface area contributed by atoms with E-state index in [1.807, 2.05) is 6.08 Å². The highest BCUT2D eigenvalue weighted by Gasteiger charge is 2.53. The monoisotopic (exact) mass is 1030 g/mol. The molecule has 3 saturated heterocycles. The van der Waals surface area contributed by atoms with Gasteiger partial charge in [0.25, 0.3) is 0 Å². The number of aliphatic hydroxyl groups excluding tert-OH is 11. The minimum Gasteiger partial charge on any atom is -0.394 e. The minimum atomic E-state index is -1.98. The molecule has 0 saturated carbocycles. The zero-order valence-corrected chi connectivity index (χ0v) is 42.9. The van der Waals surface area contributed by atoms with Crippen LogP contribution in [0.5, 0.6) is 0 Å². The molecule has 3 aliphatic rings. The Morgan fingerprint density at radius 2 is 0.917 bits per heavy atom. The van der Waals surface area contributed by atoms with Crippen molar-refractivity contribution in [2.24, 2.45) is 0 Å². The van der Waals surface area contributed by atoms with Gasteiger partial charge in [-0.2, -0.15) is 0 Å². The van der Waals surface area contributed by atoms with Gasteiger partial charge in [-0.1, -0.05) is 133 Å². The van der Waals surface area contributed by atoms with E-state index < -0.39 is 124 Å². The minimum absolute atomic E-state index is 0.226. The van der Waals surface area contributed by atoms with Crippen molar-refractivity contribution in [2.75, 3.05) is 26.4 Å². The van der Waals surface area contributed by atoms with Crippen LogP contribution in [-0.2, 0) is 33.2 Å². The third-order valence-electron chi connectivity index (χ3n) is 13.4. The predicted octanol–water partition coefficient (Wildman–Crippen LogP) is 2.75. The van der Waals surface area contributed by atoms with Crippen LogP contribution in [0.2, 0.25) is 0 Å². The van der Waals surface area contributed by atoms with Gasteiger partial charge in [0.15, 0.2) is 18.9 Å². The summed E-state index contributed by atoms with van der Waals surface area (Å²) >= 11 is 0. The molecule has 0 aromatic carbocycles. The maximum absolute atomic E-state index is 13.2. The number of carbonyl (C=O) groups is 1. The zero-order valence-electron chi connectivity index (χ0n) is 42.9. The second kappa shape index (κ2) is 37.5. The number of rotatable bonds is 37. The molecule has 0 aromatic rings. The normalized spacial score (nSPS) is 32.4. The Balaban J connectivity index is 1.51. The van der Waals surface area contributed by atoms with E-state index in [0.717, 1.165) is 89.9 Å². The number of hydrogen-bond acceptors (Lipinski definition) is 18. The van der Waals surface area contributed by atoms with E-state index in [2.05, 4.69) is 55.6 Å². The predicted molar refractivity (Wildman–Crippen MR) is 268 cm³/mol. The topological polar surface area (TPSA) is 307 Å². The SMILES string of the molecule is CCCCC/C=C\C/C=C\C/C=C\CCCCCCCCC(=O)NC(COC1OC(CO)C(OC2OC(CO)C(OC3OC(CO)C(O)C(O)C3O)C(O)C2O)C(O)C1O)C(O)/C=C/CCCCCCCC. The summed E-state index contributed by atoms with van der Waals surface area (Å²) in [6, 6.07) is -0.977. The highest BCUT2D eigenvalue weighted by atomic mass is 16.8. The quantitative estimate of drug-likeness (QED) is 0.0315. The van der Waals surface area contributed by atoms with Crippen molar-refractivity contribution in [1.29, 1.82) is 0 Å². The fraction of sp³-hybridized carbons (Fsp3) is 0.830. The average Bonchev–Trinajstić information content (AvgIpc) is 3.37.